The lowest BCUT2D eigenvalue weighted by molar-refractivity contribution is 0.487. The van der Waals surface area contributed by atoms with Crippen molar-refractivity contribution in [2.24, 2.45) is 0 Å². The molecule has 104 valence electrons. The molecular formula is C18H16N2O. The fourth-order valence-electron chi connectivity index (χ4n) is 2.14. The Morgan fingerprint density at radius 1 is 0.571 bits per heavy atom. The van der Waals surface area contributed by atoms with Crippen molar-refractivity contribution < 1.29 is 4.74 Å². The Hall–Kier alpha value is -2.94. The van der Waals surface area contributed by atoms with Gasteiger partial charge in [0, 0.05) is 0 Å². The highest BCUT2D eigenvalue weighted by Gasteiger charge is 2.06. The molecule has 0 bridgehead atoms. The van der Waals surface area contributed by atoms with Gasteiger partial charge in [-0.2, -0.15) is 0 Å². The number of anilines is 2. The fourth-order valence-corrected chi connectivity index (χ4v) is 2.14. The van der Waals surface area contributed by atoms with E-state index in [0.717, 1.165) is 11.1 Å². The van der Waals surface area contributed by atoms with Crippen molar-refractivity contribution in [1.29, 1.82) is 0 Å². The summed E-state index contributed by atoms with van der Waals surface area (Å²) in [5.41, 5.74) is 15.3. The van der Waals surface area contributed by atoms with E-state index in [1.54, 1.807) is 6.07 Å². The summed E-state index contributed by atoms with van der Waals surface area (Å²) in [4.78, 5) is 0. The average molecular weight is 276 g/mol. The van der Waals surface area contributed by atoms with Gasteiger partial charge >= 0.3 is 0 Å². The number of para-hydroxylation sites is 2. The molecule has 0 atom stereocenters. The fraction of sp³-hybridized carbons (Fsp3) is 0. The van der Waals surface area contributed by atoms with Gasteiger partial charge in [-0.05, 0) is 35.4 Å². The van der Waals surface area contributed by atoms with Crippen LogP contribution < -0.4 is 16.2 Å². The third-order valence-corrected chi connectivity index (χ3v) is 3.26. The van der Waals surface area contributed by atoms with E-state index < -0.39 is 0 Å². The minimum absolute atomic E-state index is 0.583. The molecule has 0 aliphatic heterocycles. The van der Waals surface area contributed by atoms with E-state index in [9.17, 15) is 0 Å². The molecule has 3 heteroatoms. The van der Waals surface area contributed by atoms with Crippen LogP contribution in [-0.2, 0) is 0 Å². The van der Waals surface area contributed by atoms with Gasteiger partial charge in [0.1, 0.15) is 11.5 Å². The summed E-state index contributed by atoms with van der Waals surface area (Å²) in [5, 5.41) is 0. The van der Waals surface area contributed by atoms with Crippen molar-refractivity contribution in [2.45, 2.75) is 0 Å². The number of ether oxygens (including phenoxy) is 1. The van der Waals surface area contributed by atoms with Crippen molar-refractivity contribution in [2.75, 3.05) is 11.5 Å². The van der Waals surface area contributed by atoms with Gasteiger partial charge in [-0.25, -0.2) is 0 Å². The van der Waals surface area contributed by atoms with E-state index in [-0.39, 0.29) is 0 Å². The summed E-state index contributed by atoms with van der Waals surface area (Å²) in [6.07, 6.45) is 0. The first-order valence-corrected chi connectivity index (χ1v) is 6.71. The lowest BCUT2D eigenvalue weighted by atomic mass is 10.1. The second-order valence-corrected chi connectivity index (χ2v) is 4.76. The molecular weight excluding hydrogens is 260 g/mol. The predicted octanol–water partition coefficient (Wildman–Crippen LogP) is 4.31. The number of benzene rings is 3. The monoisotopic (exact) mass is 276 g/mol. The van der Waals surface area contributed by atoms with Crippen LogP contribution >= 0.6 is 0 Å². The lowest BCUT2D eigenvalue weighted by Crippen LogP contribution is -1.95. The molecule has 3 rings (SSSR count). The van der Waals surface area contributed by atoms with Gasteiger partial charge < -0.3 is 16.2 Å². The Labute approximate surface area is 123 Å². The third-order valence-electron chi connectivity index (χ3n) is 3.26. The van der Waals surface area contributed by atoms with Gasteiger partial charge in [-0.1, -0.05) is 48.5 Å². The highest BCUT2D eigenvalue weighted by Crippen LogP contribution is 2.33. The maximum Gasteiger partial charge on any atom is 0.150 e. The molecule has 0 amide bonds. The number of hydrogen-bond donors (Lipinski definition) is 2. The Bertz CT molecular complexity index is 754. The first-order valence-electron chi connectivity index (χ1n) is 6.71. The van der Waals surface area contributed by atoms with E-state index in [4.69, 9.17) is 16.2 Å². The van der Waals surface area contributed by atoms with Gasteiger partial charge in [0.25, 0.3) is 0 Å². The minimum atomic E-state index is 0.583. The SMILES string of the molecule is Nc1ccccc1Oc1ccc(-c2ccccc2)cc1N. The van der Waals surface area contributed by atoms with Gasteiger partial charge in [0.05, 0.1) is 11.4 Å². The highest BCUT2D eigenvalue weighted by molar-refractivity contribution is 5.71. The summed E-state index contributed by atoms with van der Waals surface area (Å²) in [5.74, 6) is 1.21. The minimum Gasteiger partial charge on any atom is -0.453 e. The van der Waals surface area contributed by atoms with E-state index in [1.807, 2.05) is 66.7 Å². The molecule has 0 unspecified atom stereocenters. The molecule has 3 aromatic carbocycles. The van der Waals surface area contributed by atoms with E-state index >= 15 is 0 Å². The number of hydrogen-bond acceptors (Lipinski definition) is 3. The summed E-state index contributed by atoms with van der Waals surface area (Å²) >= 11 is 0. The Morgan fingerprint density at radius 2 is 1.24 bits per heavy atom. The second-order valence-electron chi connectivity index (χ2n) is 4.76. The Balaban J connectivity index is 1.90. The largest absolute Gasteiger partial charge is 0.453 e. The van der Waals surface area contributed by atoms with Crippen molar-refractivity contribution in [3.8, 4) is 22.6 Å². The highest BCUT2D eigenvalue weighted by atomic mass is 16.5. The van der Waals surface area contributed by atoms with Crippen LogP contribution in [-0.4, -0.2) is 0 Å². The van der Waals surface area contributed by atoms with Crippen molar-refractivity contribution in [3.05, 3.63) is 72.8 Å². The third kappa shape index (κ3) is 2.82. The zero-order valence-electron chi connectivity index (χ0n) is 11.5. The quantitative estimate of drug-likeness (QED) is 0.701. The lowest BCUT2D eigenvalue weighted by Gasteiger charge is -2.11. The molecule has 21 heavy (non-hydrogen) atoms. The van der Waals surface area contributed by atoms with Crippen LogP contribution in [0.2, 0.25) is 0 Å². The molecule has 0 spiro atoms. The van der Waals surface area contributed by atoms with Crippen molar-refractivity contribution in [3.63, 3.8) is 0 Å². The average Bonchev–Trinajstić information content (AvgIpc) is 2.52. The first kappa shape index (κ1) is 13.1. The second kappa shape index (κ2) is 5.59. The topological polar surface area (TPSA) is 61.3 Å². The molecule has 0 radical (unpaired) electrons. The molecule has 3 aromatic rings. The zero-order valence-corrected chi connectivity index (χ0v) is 11.5. The molecule has 0 heterocycles. The maximum atomic E-state index is 6.09. The van der Waals surface area contributed by atoms with E-state index in [1.165, 1.54) is 0 Å². The first-order chi connectivity index (χ1) is 10.2. The van der Waals surface area contributed by atoms with Crippen LogP contribution in [0.5, 0.6) is 11.5 Å². The standard InChI is InChI=1S/C18H16N2O/c19-15-8-4-5-9-17(15)21-18-11-10-14(12-16(18)20)13-6-2-1-3-7-13/h1-12H,19-20H2. The van der Waals surface area contributed by atoms with Crippen LogP contribution in [0.4, 0.5) is 11.4 Å². The van der Waals surface area contributed by atoms with Gasteiger partial charge in [-0.15, -0.1) is 0 Å². The Kier molecular flexibility index (Phi) is 3.48. The van der Waals surface area contributed by atoms with Crippen LogP contribution in [0.1, 0.15) is 0 Å². The summed E-state index contributed by atoms with van der Waals surface area (Å²) in [7, 11) is 0. The number of rotatable bonds is 3. The van der Waals surface area contributed by atoms with E-state index in [0.29, 0.717) is 22.9 Å². The summed E-state index contributed by atoms with van der Waals surface area (Å²) in [6, 6.07) is 23.2. The smallest absolute Gasteiger partial charge is 0.150 e. The predicted molar refractivity (Wildman–Crippen MR) is 87.2 cm³/mol. The van der Waals surface area contributed by atoms with Crippen LogP contribution in [0.15, 0.2) is 72.8 Å². The van der Waals surface area contributed by atoms with E-state index in [2.05, 4.69) is 0 Å². The van der Waals surface area contributed by atoms with Gasteiger partial charge in [0.15, 0.2) is 0 Å². The molecule has 0 aliphatic rings. The van der Waals surface area contributed by atoms with Crippen molar-refractivity contribution >= 4 is 11.4 Å². The van der Waals surface area contributed by atoms with Crippen LogP contribution in [0.3, 0.4) is 0 Å². The van der Waals surface area contributed by atoms with Crippen LogP contribution in [0, 0.1) is 0 Å². The molecule has 0 saturated carbocycles. The van der Waals surface area contributed by atoms with Gasteiger partial charge in [-0.3, -0.25) is 0 Å². The number of nitrogen functional groups attached to an aromatic ring is 2. The zero-order chi connectivity index (χ0) is 14.7. The number of nitrogens with two attached hydrogens (primary N) is 2. The van der Waals surface area contributed by atoms with Crippen LogP contribution in [0.25, 0.3) is 11.1 Å². The molecule has 0 fully saturated rings. The molecule has 0 aromatic heterocycles. The van der Waals surface area contributed by atoms with Gasteiger partial charge in [0.2, 0.25) is 0 Å². The maximum absolute atomic E-state index is 6.09. The normalized spacial score (nSPS) is 10.3. The molecule has 3 nitrogen and oxygen atoms in total. The molecule has 0 saturated heterocycles. The molecule has 4 N–H and O–H groups in total. The molecule has 0 aliphatic carbocycles. The summed E-state index contributed by atoms with van der Waals surface area (Å²) < 4.78 is 5.78. The van der Waals surface area contributed by atoms with Crippen molar-refractivity contribution in [1.82, 2.24) is 0 Å². The summed E-state index contributed by atoms with van der Waals surface area (Å²) in [6.45, 7) is 0. The Morgan fingerprint density at radius 3 is 1.95 bits per heavy atom.